The number of rotatable bonds is 4. The van der Waals surface area contributed by atoms with Gasteiger partial charge in [-0.3, -0.25) is 9.48 Å². The van der Waals surface area contributed by atoms with Crippen LogP contribution in [0.2, 0.25) is 0 Å². The molecule has 0 saturated carbocycles. The van der Waals surface area contributed by atoms with E-state index in [1.165, 1.54) is 0 Å². The molecule has 24 heavy (non-hydrogen) atoms. The third kappa shape index (κ3) is 3.68. The average Bonchev–Trinajstić information content (AvgIpc) is 3.03. The average molecular weight is 393 g/mol. The lowest BCUT2D eigenvalue weighted by Gasteiger charge is -2.14. The van der Waals surface area contributed by atoms with E-state index in [1.54, 1.807) is 17.9 Å². The molecule has 1 aliphatic heterocycles. The first kappa shape index (κ1) is 17.1. The number of anilines is 1. The highest BCUT2D eigenvalue weighted by Crippen LogP contribution is 2.29. The quantitative estimate of drug-likeness (QED) is 0.835. The van der Waals surface area contributed by atoms with Crippen molar-refractivity contribution in [3.05, 3.63) is 34.9 Å². The first-order chi connectivity index (χ1) is 11.4. The molecule has 1 aromatic carbocycles. The highest BCUT2D eigenvalue weighted by Gasteiger charge is 2.31. The number of aryl methyl sites for hydroxylation is 1. The van der Waals surface area contributed by atoms with E-state index in [0.29, 0.717) is 18.8 Å². The van der Waals surface area contributed by atoms with Crippen LogP contribution in [0.5, 0.6) is 0 Å². The Labute approximate surface area is 149 Å². The fourth-order valence-corrected chi connectivity index (χ4v) is 3.38. The molecule has 0 spiro atoms. The van der Waals surface area contributed by atoms with Crippen molar-refractivity contribution in [1.82, 2.24) is 14.7 Å². The van der Waals surface area contributed by atoms with Crippen molar-refractivity contribution >= 4 is 27.7 Å². The van der Waals surface area contributed by atoms with Gasteiger partial charge in [-0.05, 0) is 24.7 Å². The van der Waals surface area contributed by atoms with Crippen LogP contribution in [-0.4, -0.2) is 51.9 Å². The third-order valence-corrected chi connectivity index (χ3v) is 4.92. The molecular formula is C17H21BrN4O2. The van der Waals surface area contributed by atoms with Gasteiger partial charge in [0.15, 0.2) is 0 Å². The van der Waals surface area contributed by atoms with E-state index in [4.69, 9.17) is 0 Å². The molecule has 0 aliphatic carbocycles. The van der Waals surface area contributed by atoms with Gasteiger partial charge in [0, 0.05) is 42.5 Å². The van der Waals surface area contributed by atoms with E-state index in [-0.39, 0.29) is 11.8 Å². The van der Waals surface area contributed by atoms with Crippen LogP contribution in [0.4, 0.5) is 5.82 Å². The van der Waals surface area contributed by atoms with Crippen LogP contribution in [0.15, 0.2) is 34.9 Å². The Bertz CT molecular complexity index is 729. The minimum Gasteiger partial charge on any atom is -0.391 e. The molecular weight excluding hydrogens is 372 g/mol. The van der Waals surface area contributed by atoms with Crippen molar-refractivity contribution in [2.75, 3.05) is 25.5 Å². The largest absolute Gasteiger partial charge is 0.391 e. The molecule has 0 radical (unpaired) electrons. The molecule has 0 unspecified atom stereocenters. The molecule has 2 N–H and O–H groups in total. The number of halogens is 1. The first-order valence-electron chi connectivity index (χ1n) is 7.88. The van der Waals surface area contributed by atoms with Gasteiger partial charge in [-0.25, -0.2) is 0 Å². The molecule has 3 rings (SSSR count). The van der Waals surface area contributed by atoms with E-state index >= 15 is 0 Å². The van der Waals surface area contributed by atoms with E-state index < -0.39 is 6.10 Å². The van der Waals surface area contributed by atoms with Crippen LogP contribution in [0, 0.1) is 5.92 Å². The van der Waals surface area contributed by atoms with Crippen molar-refractivity contribution in [2.45, 2.75) is 12.5 Å². The van der Waals surface area contributed by atoms with Gasteiger partial charge in [-0.1, -0.05) is 28.1 Å². The second kappa shape index (κ2) is 7.04. The number of hydrogen-bond acceptors (Lipinski definition) is 4. The molecule has 1 aromatic heterocycles. The molecule has 1 amide bonds. The van der Waals surface area contributed by atoms with Crippen LogP contribution in [-0.2, 0) is 11.8 Å². The van der Waals surface area contributed by atoms with Crippen molar-refractivity contribution < 1.29 is 9.90 Å². The molecule has 2 aromatic rings. The SMILES string of the molecule is CN1C[C@@H](CC(=O)Nc2c(-c3ccc(Br)cc3)cnn2C)[C@H](O)C1. The second-order valence-corrected chi connectivity index (χ2v) is 7.25. The third-order valence-electron chi connectivity index (χ3n) is 4.39. The summed E-state index contributed by atoms with van der Waals surface area (Å²) in [5.74, 6) is 0.541. The van der Waals surface area contributed by atoms with Gasteiger partial charge in [0.25, 0.3) is 0 Å². The van der Waals surface area contributed by atoms with Gasteiger partial charge < -0.3 is 15.3 Å². The van der Waals surface area contributed by atoms with Gasteiger partial charge >= 0.3 is 0 Å². The van der Waals surface area contributed by atoms with E-state index in [9.17, 15) is 9.90 Å². The molecule has 1 saturated heterocycles. The zero-order valence-electron chi connectivity index (χ0n) is 13.7. The number of β-amino-alcohol motifs (C(OH)–C–C–N with tert-alkyl or cyclic N) is 1. The van der Waals surface area contributed by atoms with E-state index in [2.05, 4.69) is 26.3 Å². The molecule has 2 heterocycles. The van der Waals surface area contributed by atoms with Crippen LogP contribution < -0.4 is 5.32 Å². The predicted molar refractivity (Wildman–Crippen MR) is 96.6 cm³/mol. The monoisotopic (exact) mass is 392 g/mol. The van der Waals surface area contributed by atoms with Crippen molar-refractivity contribution in [3.8, 4) is 11.1 Å². The number of amides is 1. The maximum atomic E-state index is 12.4. The van der Waals surface area contributed by atoms with Gasteiger partial charge in [0.05, 0.1) is 12.3 Å². The molecule has 2 atom stereocenters. The number of hydrogen-bond donors (Lipinski definition) is 2. The summed E-state index contributed by atoms with van der Waals surface area (Å²) in [7, 11) is 3.75. The number of aromatic nitrogens is 2. The highest BCUT2D eigenvalue weighted by atomic mass is 79.9. The Balaban J connectivity index is 1.74. The predicted octanol–water partition coefficient (Wildman–Crippen LogP) is 2.10. The summed E-state index contributed by atoms with van der Waals surface area (Å²) < 4.78 is 2.66. The number of nitrogens with zero attached hydrogens (tertiary/aromatic N) is 3. The summed E-state index contributed by atoms with van der Waals surface area (Å²) in [6, 6.07) is 7.87. The van der Waals surface area contributed by atoms with Crippen LogP contribution in [0.3, 0.4) is 0 Å². The van der Waals surface area contributed by atoms with E-state index in [0.717, 1.165) is 22.1 Å². The number of carbonyl (C=O) groups is 1. The summed E-state index contributed by atoms with van der Waals surface area (Å²) in [6.07, 6.45) is 1.60. The number of aliphatic hydroxyl groups excluding tert-OH is 1. The smallest absolute Gasteiger partial charge is 0.225 e. The number of likely N-dealkylation sites (tertiary alicyclic amines) is 1. The number of carbonyl (C=O) groups excluding carboxylic acids is 1. The number of aliphatic hydroxyl groups is 1. The van der Waals surface area contributed by atoms with Crippen molar-refractivity contribution in [1.29, 1.82) is 0 Å². The lowest BCUT2D eigenvalue weighted by atomic mass is 10.0. The lowest BCUT2D eigenvalue weighted by Crippen LogP contribution is -2.25. The van der Waals surface area contributed by atoms with Crippen LogP contribution in [0.25, 0.3) is 11.1 Å². The summed E-state index contributed by atoms with van der Waals surface area (Å²) in [5.41, 5.74) is 1.87. The number of nitrogens with one attached hydrogen (secondary N) is 1. The Kier molecular flexibility index (Phi) is 5.03. The summed E-state index contributed by atoms with van der Waals surface area (Å²) in [6.45, 7) is 1.35. The Morgan fingerprint density at radius 2 is 2.04 bits per heavy atom. The first-order valence-corrected chi connectivity index (χ1v) is 8.67. The van der Waals surface area contributed by atoms with Gasteiger partial charge in [0.2, 0.25) is 5.91 Å². The number of likely N-dealkylation sites (N-methyl/N-ethyl adjacent to an activating group) is 1. The molecule has 6 nitrogen and oxygen atoms in total. The van der Waals surface area contributed by atoms with E-state index in [1.807, 2.05) is 36.2 Å². The van der Waals surface area contributed by atoms with Crippen LogP contribution >= 0.6 is 15.9 Å². The van der Waals surface area contributed by atoms with Crippen molar-refractivity contribution in [2.24, 2.45) is 13.0 Å². The fourth-order valence-electron chi connectivity index (χ4n) is 3.11. The van der Waals surface area contributed by atoms with Crippen LogP contribution in [0.1, 0.15) is 6.42 Å². The molecule has 1 aliphatic rings. The maximum Gasteiger partial charge on any atom is 0.225 e. The van der Waals surface area contributed by atoms with Gasteiger partial charge in [-0.2, -0.15) is 5.10 Å². The topological polar surface area (TPSA) is 70.4 Å². The minimum absolute atomic E-state index is 0.0284. The van der Waals surface area contributed by atoms with Gasteiger partial charge in [-0.15, -0.1) is 0 Å². The summed E-state index contributed by atoms with van der Waals surface area (Å²) >= 11 is 3.42. The summed E-state index contributed by atoms with van der Waals surface area (Å²) in [4.78, 5) is 14.5. The fraction of sp³-hybridized carbons (Fsp3) is 0.412. The molecule has 128 valence electrons. The lowest BCUT2D eigenvalue weighted by molar-refractivity contribution is -0.117. The zero-order chi connectivity index (χ0) is 17.3. The molecule has 0 bridgehead atoms. The van der Waals surface area contributed by atoms with Gasteiger partial charge in [0.1, 0.15) is 5.82 Å². The Hall–Kier alpha value is -1.70. The zero-order valence-corrected chi connectivity index (χ0v) is 15.3. The second-order valence-electron chi connectivity index (χ2n) is 6.34. The minimum atomic E-state index is -0.446. The summed E-state index contributed by atoms with van der Waals surface area (Å²) in [5, 5.41) is 17.2. The normalized spacial score (nSPS) is 21.2. The highest BCUT2D eigenvalue weighted by molar-refractivity contribution is 9.10. The molecule has 7 heteroatoms. The maximum absolute atomic E-state index is 12.4. The van der Waals surface area contributed by atoms with Crippen molar-refractivity contribution in [3.63, 3.8) is 0 Å². The number of benzene rings is 1. The Morgan fingerprint density at radius 3 is 2.67 bits per heavy atom. The molecule has 1 fully saturated rings. The Morgan fingerprint density at radius 1 is 1.33 bits per heavy atom. The standard InChI is InChI=1S/C17H21BrN4O2/c1-21-9-12(15(23)10-21)7-16(24)20-17-14(8-19-22(17)2)11-3-5-13(18)6-4-11/h3-6,8,12,15,23H,7,9-10H2,1-2H3,(H,20,24)/t12-,15-/m1/s1.